The molecule has 6 nitrogen and oxygen atoms in total. The lowest BCUT2D eigenvalue weighted by molar-refractivity contribution is -0.120. The molecule has 8 heteroatoms. The number of amides is 1. The summed E-state index contributed by atoms with van der Waals surface area (Å²) in [5.74, 6) is 2.42. The average Bonchev–Trinajstić information content (AvgIpc) is 3.25. The van der Waals surface area contributed by atoms with E-state index >= 15 is 0 Å². The molecule has 1 aromatic carbocycles. The fourth-order valence-corrected chi connectivity index (χ4v) is 4.48. The summed E-state index contributed by atoms with van der Waals surface area (Å²) >= 11 is 0. The van der Waals surface area contributed by atoms with Crippen LogP contribution in [0.3, 0.4) is 0 Å². The van der Waals surface area contributed by atoms with Gasteiger partial charge in [0, 0.05) is 30.1 Å². The van der Waals surface area contributed by atoms with Crippen molar-refractivity contribution < 1.29 is 4.79 Å². The summed E-state index contributed by atoms with van der Waals surface area (Å²) < 4.78 is 2.24. The minimum absolute atomic E-state index is 0. The van der Waals surface area contributed by atoms with E-state index in [1.165, 1.54) is 12.8 Å². The highest BCUT2D eigenvalue weighted by Crippen LogP contribution is 2.33. The molecule has 1 fully saturated rings. The highest BCUT2D eigenvalue weighted by molar-refractivity contribution is 5.94. The number of nitrogens with two attached hydrogens (primary N) is 1. The molecule has 1 amide bonds. The van der Waals surface area contributed by atoms with Crippen LogP contribution in [0.15, 0.2) is 18.2 Å². The molecule has 3 N–H and O–H groups in total. The molecule has 2 atom stereocenters. The first-order valence-electron chi connectivity index (χ1n) is 10.2. The maximum atomic E-state index is 12.8. The number of hydrogen-bond acceptors (Lipinski definition) is 4. The molecule has 4 rings (SSSR count). The number of anilines is 1. The summed E-state index contributed by atoms with van der Waals surface area (Å²) in [5, 5.41) is 12.0. The van der Waals surface area contributed by atoms with Crippen LogP contribution in [0.1, 0.15) is 49.9 Å². The van der Waals surface area contributed by atoms with Gasteiger partial charge in [-0.3, -0.25) is 4.79 Å². The first-order valence-corrected chi connectivity index (χ1v) is 10.2. The molecular formula is C21H31Cl2N5O. The molecule has 1 saturated carbocycles. The summed E-state index contributed by atoms with van der Waals surface area (Å²) in [7, 11) is 0. The van der Waals surface area contributed by atoms with Crippen molar-refractivity contribution in [2.75, 3.05) is 11.9 Å². The summed E-state index contributed by atoms with van der Waals surface area (Å²) in [6, 6.07) is 6.17. The van der Waals surface area contributed by atoms with Gasteiger partial charge in [0.25, 0.3) is 0 Å². The number of fused-ring (bicyclic) bond motifs is 1. The monoisotopic (exact) mass is 439 g/mol. The first-order chi connectivity index (χ1) is 13.2. The fraction of sp³-hybridized carbons (Fsp3) is 0.571. The lowest BCUT2D eigenvalue weighted by Crippen LogP contribution is -2.30. The Morgan fingerprint density at radius 1 is 1.17 bits per heavy atom. The van der Waals surface area contributed by atoms with Gasteiger partial charge in [-0.1, -0.05) is 25.0 Å². The molecular weight excluding hydrogens is 409 g/mol. The number of carbonyl (C=O) groups excluding carboxylic acids is 1. The smallest absolute Gasteiger partial charge is 0.227 e. The lowest BCUT2D eigenvalue weighted by Gasteiger charge is -2.18. The second kappa shape index (κ2) is 10.4. The molecule has 0 unspecified atom stereocenters. The molecule has 1 aliphatic heterocycles. The molecule has 0 radical (unpaired) electrons. The van der Waals surface area contributed by atoms with E-state index in [2.05, 4.69) is 32.2 Å². The van der Waals surface area contributed by atoms with Gasteiger partial charge >= 0.3 is 0 Å². The van der Waals surface area contributed by atoms with E-state index in [4.69, 9.17) is 5.73 Å². The van der Waals surface area contributed by atoms with Gasteiger partial charge in [-0.2, -0.15) is 0 Å². The number of nitrogens with zero attached hydrogens (tertiary/aromatic N) is 3. The van der Waals surface area contributed by atoms with Crippen molar-refractivity contribution in [2.24, 2.45) is 17.6 Å². The van der Waals surface area contributed by atoms with Gasteiger partial charge in [0.2, 0.25) is 5.91 Å². The normalized spacial score (nSPS) is 20.8. The number of halogens is 2. The van der Waals surface area contributed by atoms with Gasteiger partial charge in [-0.25, -0.2) is 0 Å². The van der Waals surface area contributed by atoms with Gasteiger partial charge < -0.3 is 15.6 Å². The highest BCUT2D eigenvalue weighted by Gasteiger charge is 2.32. The molecule has 0 spiro atoms. The SMILES string of the molecule is Cc1ccc(-c2nnc3n2CCCCC3)cc1NC(=O)[C@@H]1CCC[C@@H]1CN.Cl.Cl. The molecule has 160 valence electrons. The highest BCUT2D eigenvalue weighted by atomic mass is 35.5. The van der Waals surface area contributed by atoms with E-state index in [0.29, 0.717) is 12.5 Å². The quantitative estimate of drug-likeness (QED) is 0.749. The van der Waals surface area contributed by atoms with Crippen molar-refractivity contribution in [2.45, 2.75) is 58.4 Å². The Kier molecular flexibility index (Phi) is 8.49. The van der Waals surface area contributed by atoms with E-state index in [9.17, 15) is 4.79 Å². The van der Waals surface area contributed by atoms with Gasteiger partial charge in [0.05, 0.1) is 0 Å². The van der Waals surface area contributed by atoms with Crippen LogP contribution in [0.2, 0.25) is 0 Å². The van der Waals surface area contributed by atoms with Crippen molar-refractivity contribution in [3.8, 4) is 11.4 Å². The van der Waals surface area contributed by atoms with Crippen molar-refractivity contribution in [1.29, 1.82) is 0 Å². The standard InChI is InChI=1S/C21H29N5O.2ClH/c1-14-9-10-15(20-25-24-19-8-3-2-4-11-26(19)20)12-18(14)23-21(27)17-7-5-6-16(17)13-22;;/h9-10,12,16-17H,2-8,11,13,22H2,1H3,(H,23,27);2*1H/t16-,17-;;/m1../s1. The van der Waals surface area contributed by atoms with E-state index in [-0.39, 0.29) is 36.6 Å². The Balaban J connectivity index is 0.00000150. The zero-order chi connectivity index (χ0) is 18.8. The molecule has 2 aliphatic rings. The number of aryl methyl sites for hydroxylation is 2. The molecule has 2 aromatic rings. The lowest BCUT2D eigenvalue weighted by atomic mass is 9.95. The summed E-state index contributed by atoms with van der Waals surface area (Å²) in [6.45, 7) is 3.58. The van der Waals surface area contributed by atoms with Crippen molar-refractivity contribution in [3.05, 3.63) is 29.6 Å². The molecule has 29 heavy (non-hydrogen) atoms. The second-order valence-electron chi connectivity index (χ2n) is 7.95. The summed E-state index contributed by atoms with van der Waals surface area (Å²) in [4.78, 5) is 12.8. The third-order valence-corrected chi connectivity index (χ3v) is 6.16. The van der Waals surface area contributed by atoms with Gasteiger partial charge in [-0.15, -0.1) is 35.0 Å². The number of nitrogens with one attached hydrogen (secondary N) is 1. The van der Waals surface area contributed by atoms with E-state index < -0.39 is 0 Å². The predicted octanol–water partition coefficient (Wildman–Crippen LogP) is 4.14. The van der Waals surface area contributed by atoms with Crippen LogP contribution in [-0.4, -0.2) is 27.2 Å². The van der Waals surface area contributed by atoms with E-state index in [0.717, 1.165) is 67.1 Å². The van der Waals surface area contributed by atoms with Gasteiger partial charge in [0.15, 0.2) is 5.82 Å². The zero-order valence-electron chi connectivity index (χ0n) is 16.9. The minimum atomic E-state index is 0. The third-order valence-electron chi connectivity index (χ3n) is 6.16. The first kappa shape index (κ1) is 23.6. The van der Waals surface area contributed by atoms with Gasteiger partial charge in [0.1, 0.15) is 5.82 Å². The maximum Gasteiger partial charge on any atom is 0.227 e. The maximum absolute atomic E-state index is 12.8. The molecule has 2 heterocycles. The van der Waals surface area contributed by atoms with Crippen molar-refractivity contribution in [1.82, 2.24) is 14.8 Å². The van der Waals surface area contributed by atoms with Crippen LogP contribution in [0.4, 0.5) is 5.69 Å². The Hall–Kier alpha value is -1.63. The Morgan fingerprint density at radius 3 is 2.79 bits per heavy atom. The largest absolute Gasteiger partial charge is 0.330 e. The van der Waals surface area contributed by atoms with Crippen molar-refractivity contribution in [3.63, 3.8) is 0 Å². The van der Waals surface area contributed by atoms with Gasteiger partial charge in [-0.05, 0) is 56.7 Å². The Morgan fingerprint density at radius 2 is 2.00 bits per heavy atom. The number of rotatable bonds is 4. The number of benzene rings is 1. The second-order valence-corrected chi connectivity index (χ2v) is 7.95. The zero-order valence-corrected chi connectivity index (χ0v) is 18.5. The Labute approximate surface area is 184 Å². The summed E-state index contributed by atoms with van der Waals surface area (Å²) in [5.41, 5.74) is 8.79. The number of carbonyl (C=O) groups is 1. The molecule has 0 bridgehead atoms. The molecule has 1 aliphatic carbocycles. The fourth-order valence-electron chi connectivity index (χ4n) is 4.48. The van der Waals surface area contributed by atoms with E-state index in [1.54, 1.807) is 0 Å². The van der Waals surface area contributed by atoms with Crippen LogP contribution >= 0.6 is 24.8 Å². The van der Waals surface area contributed by atoms with Crippen LogP contribution in [0, 0.1) is 18.8 Å². The predicted molar refractivity (Wildman–Crippen MR) is 121 cm³/mol. The number of aromatic nitrogens is 3. The van der Waals surface area contributed by atoms with Crippen LogP contribution < -0.4 is 11.1 Å². The topological polar surface area (TPSA) is 85.8 Å². The average molecular weight is 440 g/mol. The van der Waals surface area contributed by atoms with Crippen LogP contribution in [0.5, 0.6) is 0 Å². The minimum Gasteiger partial charge on any atom is -0.330 e. The summed E-state index contributed by atoms with van der Waals surface area (Å²) in [6.07, 6.45) is 7.65. The van der Waals surface area contributed by atoms with Crippen LogP contribution in [-0.2, 0) is 17.8 Å². The van der Waals surface area contributed by atoms with E-state index in [1.807, 2.05) is 13.0 Å². The van der Waals surface area contributed by atoms with Crippen LogP contribution in [0.25, 0.3) is 11.4 Å². The molecule has 0 saturated heterocycles. The molecule has 1 aromatic heterocycles. The third kappa shape index (κ3) is 4.93. The Bertz CT molecular complexity index is 838. The van der Waals surface area contributed by atoms with Crippen molar-refractivity contribution >= 4 is 36.4 Å². The number of hydrogen-bond donors (Lipinski definition) is 2.